The maximum Gasteiger partial charge on any atom is 0.340 e. The molecule has 0 saturated heterocycles. The van der Waals surface area contributed by atoms with Crippen molar-refractivity contribution < 1.29 is 43.5 Å². The smallest absolute Gasteiger partial charge is 0.340 e. The lowest BCUT2D eigenvalue weighted by molar-refractivity contribution is 0.0223. The maximum absolute atomic E-state index is 13.1. The average molecular weight is 979 g/mol. The number of anilines is 4. The molecule has 0 amide bonds. The summed E-state index contributed by atoms with van der Waals surface area (Å²) in [5.74, 6) is 0.875. The highest BCUT2D eigenvalue weighted by Gasteiger charge is 2.54. The molecule has 0 fully saturated rings. The van der Waals surface area contributed by atoms with Crippen molar-refractivity contribution in [3.63, 3.8) is 0 Å². The van der Waals surface area contributed by atoms with Crippen molar-refractivity contribution in [2.75, 3.05) is 86.2 Å². The van der Waals surface area contributed by atoms with E-state index in [0.29, 0.717) is 17.1 Å². The van der Waals surface area contributed by atoms with Crippen LogP contribution in [0, 0.1) is 6.92 Å². The van der Waals surface area contributed by atoms with Crippen LogP contribution >= 0.6 is 0 Å². The molecule has 0 radical (unpaired) electrons. The highest BCUT2D eigenvalue weighted by molar-refractivity contribution is 6.15. The maximum atomic E-state index is 13.1. The predicted molar refractivity (Wildman–Crippen MR) is 288 cm³/mol. The Bertz CT molecular complexity index is 2870. The third-order valence-electron chi connectivity index (χ3n) is 13.4. The van der Waals surface area contributed by atoms with Crippen LogP contribution in [-0.2, 0) is 10.3 Å². The van der Waals surface area contributed by atoms with E-state index in [1.165, 1.54) is 35.5 Å². The number of rotatable bonds is 17. The Morgan fingerprint density at radius 2 is 1.07 bits per heavy atom. The van der Waals surface area contributed by atoms with Crippen LogP contribution < -0.4 is 33.8 Å². The number of hydrogen-bond donors (Lipinski definition) is 2. The van der Waals surface area contributed by atoms with E-state index in [-0.39, 0.29) is 28.4 Å². The van der Waals surface area contributed by atoms with Gasteiger partial charge in [0.15, 0.2) is 11.4 Å². The summed E-state index contributed by atoms with van der Waals surface area (Å²) in [6, 6.07) is 34.9. The highest BCUT2D eigenvalue weighted by Crippen LogP contribution is 2.58. The van der Waals surface area contributed by atoms with Crippen LogP contribution in [0.2, 0.25) is 0 Å². The molecule has 6 aromatic rings. The van der Waals surface area contributed by atoms with Gasteiger partial charge in [-0.15, -0.1) is 0 Å². The molecule has 2 aliphatic rings. The zero-order chi connectivity index (χ0) is 52.3. The molecular formula is C59H70N4O9. The summed E-state index contributed by atoms with van der Waals surface area (Å²) in [5.41, 5.74) is 7.26. The van der Waals surface area contributed by atoms with Gasteiger partial charge in [-0.1, -0.05) is 42.5 Å². The van der Waals surface area contributed by atoms with Gasteiger partial charge in [0.1, 0.15) is 28.7 Å². The number of hydrogen-bond acceptors (Lipinski definition) is 12. The van der Waals surface area contributed by atoms with Crippen LogP contribution in [0.4, 0.5) is 22.7 Å². The molecular weight excluding hydrogens is 909 g/mol. The Morgan fingerprint density at radius 3 is 1.64 bits per heavy atom. The number of aryl methyl sites for hydroxylation is 1. The quantitative estimate of drug-likeness (QED) is 0.0662. The molecule has 0 bridgehead atoms. The van der Waals surface area contributed by atoms with Gasteiger partial charge in [0.25, 0.3) is 0 Å². The molecule has 1 spiro atoms. The van der Waals surface area contributed by atoms with Gasteiger partial charge in [0.05, 0.1) is 47.8 Å². The number of esters is 1. The first-order valence-corrected chi connectivity index (χ1v) is 25.0. The van der Waals surface area contributed by atoms with Gasteiger partial charge in [0.2, 0.25) is 0 Å². The summed E-state index contributed by atoms with van der Waals surface area (Å²) in [6.07, 6.45) is 0. The Kier molecular flexibility index (Phi) is 17.9. The number of nitrogens with zero attached hydrogens (tertiary/aromatic N) is 4. The topological polar surface area (TPSA) is 142 Å². The summed E-state index contributed by atoms with van der Waals surface area (Å²) in [5, 5.41) is 19.4. The molecule has 1 unspecified atom stereocenters. The third-order valence-corrected chi connectivity index (χ3v) is 13.4. The second kappa shape index (κ2) is 24.0. The van der Waals surface area contributed by atoms with E-state index >= 15 is 0 Å². The summed E-state index contributed by atoms with van der Waals surface area (Å²) in [4.78, 5) is 45.8. The van der Waals surface area contributed by atoms with Crippen molar-refractivity contribution >= 4 is 40.5 Å². The van der Waals surface area contributed by atoms with E-state index in [2.05, 4.69) is 87.4 Å². The number of phenolic OH excluding ortho intramolecular Hbond substituents is 1. The van der Waals surface area contributed by atoms with Crippen LogP contribution in [0.1, 0.15) is 114 Å². The minimum absolute atomic E-state index is 0.0610. The van der Waals surface area contributed by atoms with Gasteiger partial charge in [-0.2, -0.15) is 0 Å². The Hall–Kier alpha value is -7.67. The Balaban J connectivity index is 0.000000196. The number of ether oxygens (including phenoxy) is 4. The minimum Gasteiger partial charge on any atom is -0.507 e. The number of aromatic carboxylic acids is 1. The monoisotopic (exact) mass is 979 g/mol. The number of carboxylic acid groups (broad SMARTS) is 1. The molecule has 6 aromatic carbocycles. The Morgan fingerprint density at radius 1 is 0.542 bits per heavy atom. The first kappa shape index (κ1) is 53.7. The van der Waals surface area contributed by atoms with E-state index in [9.17, 15) is 24.6 Å². The molecule has 1 atom stereocenters. The molecule has 72 heavy (non-hydrogen) atoms. The van der Waals surface area contributed by atoms with Crippen molar-refractivity contribution in [2.24, 2.45) is 0 Å². The van der Waals surface area contributed by atoms with Gasteiger partial charge in [-0.25, -0.2) is 9.59 Å². The predicted octanol–water partition coefficient (Wildman–Crippen LogP) is 12.0. The number of aromatic hydroxyl groups is 1. The first-order valence-electron chi connectivity index (χ1n) is 25.0. The zero-order valence-electron chi connectivity index (χ0n) is 43.7. The van der Waals surface area contributed by atoms with Crippen LogP contribution in [0.25, 0.3) is 0 Å². The number of carbonyl (C=O) groups is 3. The van der Waals surface area contributed by atoms with Gasteiger partial charge in [0, 0.05) is 98.6 Å². The second-order valence-corrected chi connectivity index (χ2v) is 17.2. The molecule has 13 heteroatoms. The molecule has 2 N–H and O–H groups in total. The highest BCUT2D eigenvalue weighted by atomic mass is 16.6. The van der Waals surface area contributed by atoms with Crippen molar-refractivity contribution in [2.45, 2.75) is 67.9 Å². The van der Waals surface area contributed by atoms with Crippen LogP contribution in [0.3, 0.4) is 0 Å². The van der Waals surface area contributed by atoms with E-state index in [4.69, 9.17) is 18.9 Å². The number of carbonyl (C=O) groups excluding carboxylic acids is 2. The van der Waals surface area contributed by atoms with Crippen molar-refractivity contribution in [3.05, 3.63) is 160 Å². The summed E-state index contributed by atoms with van der Waals surface area (Å²) in [7, 11) is 3.39. The third kappa shape index (κ3) is 10.7. The number of methoxy groups -OCH3 is 2. The lowest BCUT2D eigenvalue weighted by Crippen LogP contribution is -2.34. The molecule has 0 aliphatic carbocycles. The fourth-order valence-corrected chi connectivity index (χ4v) is 9.56. The van der Waals surface area contributed by atoms with Crippen molar-refractivity contribution in [1.29, 1.82) is 0 Å². The number of carboxylic acids is 1. The van der Waals surface area contributed by atoms with Crippen molar-refractivity contribution in [1.82, 2.24) is 0 Å². The number of fused-ring (bicyclic) bond motifs is 6. The first-order chi connectivity index (χ1) is 34.7. The zero-order valence-corrected chi connectivity index (χ0v) is 43.7. The van der Waals surface area contributed by atoms with E-state index in [1.54, 1.807) is 32.4 Å². The number of ketones is 1. The fourth-order valence-electron chi connectivity index (χ4n) is 9.56. The van der Waals surface area contributed by atoms with Gasteiger partial charge < -0.3 is 48.8 Å². The lowest BCUT2D eigenvalue weighted by Gasteiger charge is -2.38. The molecule has 380 valence electrons. The standard InChI is InChI=1S/C29H32N2O4.C18H19NO4.C12H19NO/c1-6-30(7-2)19-14-15-22-25(16-19)34-26-18-24(31(8-3)9-4)27(33-5)17-23(26)29(22)21-13-11-10-12-20(21)28(32)35-29;1-3-19(4-2)12-9-10-15(16(20)11-12)17(21)13-7-5-6-8-14(13)18(22)23;1-5-13(6-2)11-9-10(3)7-8-12(11)14-4/h10-18H,6-9H2,1-5H3;5-11,20H,3-4H2,1-2H3,(H,22,23);7-9H,5-6H2,1-4H3. The number of phenols is 1. The van der Waals surface area contributed by atoms with Crippen LogP contribution in [0.5, 0.6) is 28.7 Å². The Labute approximate surface area is 425 Å². The number of benzene rings is 6. The molecule has 8 rings (SSSR count). The van der Waals surface area contributed by atoms with Crippen LogP contribution in [-0.4, -0.2) is 94.5 Å². The fraction of sp³-hybridized carbons (Fsp3) is 0.339. The molecule has 0 aromatic heterocycles. The van der Waals surface area contributed by atoms with Gasteiger partial charge >= 0.3 is 11.9 Å². The van der Waals surface area contributed by atoms with E-state index in [1.807, 2.05) is 67.3 Å². The second-order valence-electron chi connectivity index (χ2n) is 17.2. The summed E-state index contributed by atoms with van der Waals surface area (Å²) >= 11 is 0. The average Bonchev–Trinajstić information content (AvgIpc) is 3.69. The van der Waals surface area contributed by atoms with Gasteiger partial charge in [-0.05, 0) is 122 Å². The van der Waals surface area contributed by atoms with Crippen molar-refractivity contribution in [3.8, 4) is 28.7 Å². The largest absolute Gasteiger partial charge is 0.507 e. The SMILES string of the molecule is CCN(CC)c1cc(C)ccc1OC.CCN(CC)c1ccc(C(=O)c2ccccc2C(=O)O)c(O)c1.CCN(CC)c1ccc2c(c1)Oc1cc(N(CC)CC)c(OC)cc1C21OC(=O)c2ccccc21. The van der Waals surface area contributed by atoms with E-state index < -0.39 is 17.4 Å². The van der Waals surface area contributed by atoms with Gasteiger partial charge in [-0.3, -0.25) is 4.79 Å². The summed E-state index contributed by atoms with van der Waals surface area (Å²) in [6.45, 7) is 26.0. The van der Waals surface area contributed by atoms with Crippen LogP contribution in [0.15, 0.2) is 115 Å². The lowest BCUT2D eigenvalue weighted by atomic mass is 9.77. The van der Waals surface area contributed by atoms with E-state index in [0.717, 1.165) is 97.6 Å². The summed E-state index contributed by atoms with van der Waals surface area (Å²) < 4.78 is 24.1. The molecule has 0 saturated carbocycles. The minimum atomic E-state index is -1.17. The molecule has 2 heterocycles. The molecule has 13 nitrogen and oxygen atoms in total. The molecule has 2 aliphatic heterocycles. The normalized spacial score (nSPS) is 13.6.